The summed E-state index contributed by atoms with van der Waals surface area (Å²) in [5.41, 5.74) is 0.524. The normalized spacial score (nSPS) is 42.3. The molecule has 3 rings (SSSR count). The minimum atomic E-state index is 0.524. The molecule has 0 amide bonds. The first-order valence-corrected chi connectivity index (χ1v) is 8.98. The van der Waals surface area contributed by atoms with Gasteiger partial charge in [-0.05, 0) is 62.8 Å². The Morgan fingerprint density at radius 1 is 1.10 bits per heavy atom. The molecule has 2 aliphatic carbocycles. The van der Waals surface area contributed by atoms with Crippen LogP contribution >= 0.6 is 0 Å². The third-order valence-corrected chi connectivity index (χ3v) is 7.08. The summed E-state index contributed by atoms with van der Waals surface area (Å²) >= 11 is 0. The lowest BCUT2D eigenvalue weighted by atomic mass is 9.67. The second kappa shape index (κ2) is 5.61. The van der Waals surface area contributed by atoms with Crippen LogP contribution in [0.3, 0.4) is 0 Å². The number of nitrogens with zero attached hydrogens (tertiary/aromatic N) is 1. The van der Waals surface area contributed by atoms with Gasteiger partial charge in [0.25, 0.3) is 0 Å². The third-order valence-electron chi connectivity index (χ3n) is 7.08. The van der Waals surface area contributed by atoms with Crippen LogP contribution in [0, 0.1) is 17.3 Å². The van der Waals surface area contributed by atoms with Gasteiger partial charge in [0.05, 0.1) is 0 Å². The van der Waals surface area contributed by atoms with Crippen molar-refractivity contribution in [1.29, 1.82) is 0 Å². The molecular formula is C18H34N2. The van der Waals surface area contributed by atoms with Crippen molar-refractivity contribution < 1.29 is 0 Å². The summed E-state index contributed by atoms with van der Waals surface area (Å²) in [6.07, 6.45) is 10.0. The van der Waals surface area contributed by atoms with Gasteiger partial charge in [-0.2, -0.15) is 0 Å². The maximum atomic E-state index is 3.64. The van der Waals surface area contributed by atoms with Crippen LogP contribution in [0.2, 0.25) is 0 Å². The first kappa shape index (κ1) is 14.8. The highest BCUT2D eigenvalue weighted by molar-refractivity contribution is 5.01. The number of likely N-dealkylation sites (N-methyl/N-ethyl adjacent to an activating group) is 1. The Labute approximate surface area is 125 Å². The molecule has 3 fully saturated rings. The van der Waals surface area contributed by atoms with Crippen LogP contribution in [0.25, 0.3) is 0 Å². The molecule has 20 heavy (non-hydrogen) atoms. The molecule has 116 valence electrons. The number of hydrogen-bond donors (Lipinski definition) is 1. The lowest BCUT2D eigenvalue weighted by molar-refractivity contribution is 0.0358. The second-order valence-corrected chi connectivity index (χ2v) is 8.34. The molecule has 0 aromatic rings. The SMILES string of the molecule is CCC(C)(C)C1CCC(NC)C(N2CC3CCC2C3)C1. The van der Waals surface area contributed by atoms with Gasteiger partial charge in [-0.3, -0.25) is 4.90 Å². The van der Waals surface area contributed by atoms with E-state index < -0.39 is 0 Å². The largest absolute Gasteiger partial charge is 0.315 e. The Morgan fingerprint density at radius 2 is 1.90 bits per heavy atom. The zero-order valence-corrected chi connectivity index (χ0v) is 14.0. The van der Waals surface area contributed by atoms with Crippen LogP contribution < -0.4 is 5.32 Å². The fourth-order valence-corrected chi connectivity index (χ4v) is 5.22. The number of fused-ring (bicyclic) bond motifs is 2. The first-order chi connectivity index (χ1) is 9.55. The van der Waals surface area contributed by atoms with Gasteiger partial charge in [0.15, 0.2) is 0 Å². The highest BCUT2D eigenvalue weighted by atomic mass is 15.2. The summed E-state index contributed by atoms with van der Waals surface area (Å²) in [4.78, 5) is 2.91. The van der Waals surface area contributed by atoms with E-state index in [1.54, 1.807) is 0 Å². The molecular weight excluding hydrogens is 244 g/mol. The number of piperidine rings is 1. The predicted octanol–water partition coefficient (Wildman–Crippen LogP) is 3.66. The van der Waals surface area contributed by atoms with Crippen molar-refractivity contribution in [1.82, 2.24) is 10.2 Å². The summed E-state index contributed by atoms with van der Waals surface area (Å²) in [5, 5.41) is 3.64. The lowest BCUT2D eigenvalue weighted by Crippen LogP contribution is -2.55. The Hall–Kier alpha value is -0.0800. The zero-order chi connectivity index (χ0) is 14.3. The molecule has 0 aromatic heterocycles. The van der Waals surface area contributed by atoms with Crippen molar-refractivity contribution in [2.75, 3.05) is 13.6 Å². The monoisotopic (exact) mass is 278 g/mol. The van der Waals surface area contributed by atoms with Crippen molar-refractivity contribution in [2.24, 2.45) is 17.3 Å². The number of hydrogen-bond acceptors (Lipinski definition) is 2. The fraction of sp³-hybridized carbons (Fsp3) is 1.00. The molecule has 2 heteroatoms. The third kappa shape index (κ3) is 2.54. The molecule has 5 unspecified atom stereocenters. The average molecular weight is 278 g/mol. The van der Waals surface area contributed by atoms with Gasteiger partial charge in [0.1, 0.15) is 0 Å². The predicted molar refractivity (Wildman–Crippen MR) is 85.9 cm³/mol. The highest BCUT2D eigenvalue weighted by Gasteiger charge is 2.46. The topological polar surface area (TPSA) is 15.3 Å². The summed E-state index contributed by atoms with van der Waals surface area (Å²) < 4.78 is 0. The molecule has 0 radical (unpaired) electrons. The van der Waals surface area contributed by atoms with Gasteiger partial charge in [0, 0.05) is 24.7 Å². The van der Waals surface area contributed by atoms with E-state index in [1.807, 2.05) is 0 Å². The molecule has 3 aliphatic rings. The molecule has 2 nitrogen and oxygen atoms in total. The fourth-order valence-electron chi connectivity index (χ4n) is 5.22. The van der Waals surface area contributed by atoms with Crippen LogP contribution in [-0.2, 0) is 0 Å². The van der Waals surface area contributed by atoms with Crippen LogP contribution in [0.5, 0.6) is 0 Å². The average Bonchev–Trinajstić information content (AvgIpc) is 3.09. The first-order valence-electron chi connectivity index (χ1n) is 8.98. The van der Waals surface area contributed by atoms with Crippen LogP contribution in [0.1, 0.15) is 65.7 Å². The number of rotatable bonds is 4. The molecule has 0 aromatic carbocycles. The standard InChI is InChI=1S/C18H34N2/c1-5-18(2,3)14-7-9-16(19-4)17(11-14)20-12-13-6-8-15(20)10-13/h13-17,19H,5-12H2,1-4H3. The maximum Gasteiger partial charge on any atom is 0.0255 e. The van der Waals surface area contributed by atoms with Crippen LogP contribution in [0.4, 0.5) is 0 Å². The summed E-state index contributed by atoms with van der Waals surface area (Å²) in [5.74, 6) is 1.94. The zero-order valence-electron chi connectivity index (χ0n) is 14.0. The molecule has 5 atom stereocenters. The smallest absolute Gasteiger partial charge is 0.0255 e. The quantitative estimate of drug-likeness (QED) is 0.844. The van der Waals surface area contributed by atoms with Gasteiger partial charge < -0.3 is 5.32 Å². The van der Waals surface area contributed by atoms with Gasteiger partial charge >= 0.3 is 0 Å². The van der Waals surface area contributed by atoms with E-state index in [-0.39, 0.29) is 0 Å². The van der Waals surface area contributed by atoms with Crippen LogP contribution in [-0.4, -0.2) is 36.6 Å². The lowest BCUT2D eigenvalue weighted by Gasteiger charge is -2.48. The van der Waals surface area contributed by atoms with Gasteiger partial charge in [-0.25, -0.2) is 0 Å². The minimum absolute atomic E-state index is 0.524. The molecule has 1 N–H and O–H groups in total. The van der Waals surface area contributed by atoms with E-state index >= 15 is 0 Å². The van der Waals surface area contributed by atoms with E-state index in [2.05, 4.69) is 38.0 Å². The Kier molecular flexibility index (Phi) is 4.16. The van der Waals surface area contributed by atoms with Crippen molar-refractivity contribution in [3.05, 3.63) is 0 Å². The van der Waals surface area contributed by atoms with Gasteiger partial charge in [-0.15, -0.1) is 0 Å². The summed E-state index contributed by atoms with van der Waals surface area (Å²) in [6.45, 7) is 8.75. The highest BCUT2D eigenvalue weighted by Crippen LogP contribution is 2.46. The van der Waals surface area contributed by atoms with E-state index in [9.17, 15) is 0 Å². The summed E-state index contributed by atoms with van der Waals surface area (Å²) in [6, 6.07) is 2.46. The van der Waals surface area contributed by atoms with Crippen molar-refractivity contribution >= 4 is 0 Å². The van der Waals surface area contributed by atoms with Crippen LogP contribution in [0.15, 0.2) is 0 Å². The van der Waals surface area contributed by atoms with E-state index in [0.717, 1.165) is 30.0 Å². The second-order valence-electron chi connectivity index (χ2n) is 8.34. The molecule has 1 aliphatic heterocycles. The molecule has 1 saturated heterocycles. The molecule has 2 bridgehead atoms. The van der Waals surface area contributed by atoms with Crippen molar-refractivity contribution in [3.8, 4) is 0 Å². The molecule has 0 spiro atoms. The van der Waals surface area contributed by atoms with Gasteiger partial charge in [0.2, 0.25) is 0 Å². The Morgan fingerprint density at radius 3 is 2.45 bits per heavy atom. The molecule has 1 heterocycles. The molecule has 2 saturated carbocycles. The Balaban J connectivity index is 1.72. The van der Waals surface area contributed by atoms with E-state index in [0.29, 0.717) is 5.41 Å². The summed E-state index contributed by atoms with van der Waals surface area (Å²) in [7, 11) is 2.18. The van der Waals surface area contributed by atoms with Crippen molar-refractivity contribution in [3.63, 3.8) is 0 Å². The van der Waals surface area contributed by atoms with E-state index in [4.69, 9.17) is 0 Å². The Bertz CT molecular complexity index is 338. The number of likely N-dealkylation sites (tertiary alicyclic amines) is 1. The maximum absolute atomic E-state index is 3.64. The number of nitrogens with one attached hydrogen (secondary N) is 1. The minimum Gasteiger partial charge on any atom is -0.315 e. The van der Waals surface area contributed by atoms with Crippen molar-refractivity contribution in [2.45, 2.75) is 83.8 Å². The van der Waals surface area contributed by atoms with E-state index in [1.165, 1.54) is 51.5 Å². The van der Waals surface area contributed by atoms with Gasteiger partial charge in [-0.1, -0.05) is 27.2 Å².